The minimum absolute atomic E-state index is 0. The molecule has 0 bridgehead atoms. The summed E-state index contributed by atoms with van der Waals surface area (Å²) in [6.07, 6.45) is 5.61. The molecule has 0 amide bonds. The summed E-state index contributed by atoms with van der Waals surface area (Å²) in [5, 5.41) is 4.28. The van der Waals surface area contributed by atoms with Crippen molar-refractivity contribution >= 4 is 24.8 Å². The average Bonchev–Trinajstić information content (AvgIpc) is 2.83. The van der Waals surface area contributed by atoms with Crippen LogP contribution in [0.25, 0.3) is 0 Å². The van der Waals surface area contributed by atoms with Crippen LogP contribution in [-0.2, 0) is 6.54 Å². The van der Waals surface area contributed by atoms with E-state index in [1.54, 1.807) is 0 Å². The Bertz CT molecular complexity index is 258. The molecule has 2 rings (SSSR count). The highest BCUT2D eigenvalue weighted by molar-refractivity contribution is 5.85. The lowest BCUT2D eigenvalue weighted by atomic mass is 10.3. The van der Waals surface area contributed by atoms with Gasteiger partial charge in [0.2, 0.25) is 0 Å². The molecule has 0 radical (unpaired) electrons. The van der Waals surface area contributed by atoms with Crippen LogP contribution in [0.4, 0.5) is 0 Å². The molecule has 0 spiro atoms. The van der Waals surface area contributed by atoms with Crippen LogP contribution in [0.1, 0.15) is 30.9 Å². The average molecular weight is 238 g/mol. The fraction of sp³-hybridized carbons (Fsp3) is 0.667. The minimum Gasteiger partial charge on any atom is -0.330 e. The van der Waals surface area contributed by atoms with Gasteiger partial charge in [-0.15, -0.1) is 24.8 Å². The second-order valence-electron chi connectivity index (χ2n) is 3.40. The standard InChI is InChI=1S/C9H15N3.2ClH/c10-5-1-7-12-9(4-6-11-12)8-2-3-8;;/h4,6,8H,1-3,5,7,10H2;2*1H. The molecule has 2 N–H and O–H groups in total. The van der Waals surface area contributed by atoms with Gasteiger partial charge >= 0.3 is 0 Å². The molecule has 5 heteroatoms. The molecule has 14 heavy (non-hydrogen) atoms. The van der Waals surface area contributed by atoms with Gasteiger partial charge in [-0.25, -0.2) is 0 Å². The van der Waals surface area contributed by atoms with Gasteiger partial charge in [0.15, 0.2) is 0 Å². The van der Waals surface area contributed by atoms with Crippen LogP contribution in [0, 0.1) is 0 Å². The maximum atomic E-state index is 5.45. The lowest BCUT2D eigenvalue weighted by Gasteiger charge is -2.04. The van der Waals surface area contributed by atoms with E-state index in [-0.39, 0.29) is 24.8 Å². The van der Waals surface area contributed by atoms with Crippen molar-refractivity contribution in [2.24, 2.45) is 5.73 Å². The van der Waals surface area contributed by atoms with Crippen LogP contribution >= 0.6 is 24.8 Å². The van der Waals surface area contributed by atoms with E-state index < -0.39 is 0 Å². The number of nitrogens with zero attached hydrogens (tertiary/aromatic N) is 2. The van der Waals surface area contributed by atoms with Gasteiger partial charge < -0.3 is 5.73 Å². The zero-order valence-corrected chi connectivity index (χ0v) is 9.69. The van der Waals surface area contributed by atoms with E-state index in [1.165, 1.54) is 18.5 Å². The third-order valence-corrected chi connectivity index (χ3v) is 2.32. The summed E-state index contributed by atoms with van der Waals surface area (Å²) in [4.78, 5) is 0. The Hall–Kier alpha value is -0.250. The third-order valence-electron chi connectivity index (χ3n) is 2.32. The van der Waals surface area contributed by atoms with Crippen molar-refractivity contribution in [2.45, 2.75) is 31.7 Å². The highest BCUT2D eigenvalue weighted by Crippen LogP contribution is 2.39. The molecule has 1 aromatic heterocycles. The molecule has 3 nitrogen and oxygen atoms in total. The molecular weight excluding hydrogens is 221 g/mol. The van der Waals surface area contributed by atoms with E-state index in [1.807, 2.05) is 6.20 Å². The Labute approximate surface area is 96.9 Å². The molecule has 0 unspecified atom stereocenters. The summed E-state index contributed by atoms with van der Waals surface area (Å²) in [5.74, 6) is 0.797. The van der Waals surface area contributed by atoms with Gasteiger partial charge in [0.05, 0.1) is 0 Å². The van der Waals surface area contributed by atoms with Crippen LogP contribution in [0.15, 0.2) is 12.3 Å². The number of aromatic nitrogens is 2. The van der Waals surface area contributed by atoms with Crippen molar-refractivity contribution in [2.75, 3.05) is 6.54 Å². The predicted molar refractivity (Wildman–Crippen MR) is 62.4 cm³/mol. The minimum atomic E-state index is 0. The topological polar surface area (TPSA) is 43.8 Å². The molecule has 1 fully saturated rings. The smallest absolute Gasteiger partial charge is 0.0492 e. The largest absolute Gasteiger partial charge is 0.330 e. The molecule has 1 heterocycles. The van der Waals surface area contributed by atoms with E-state index in [2.05, 4.69) is 15.8 Å². The Balaban J connectivity index is 0.000000845. The molecule has 1 aromatic rings. The van der Waals surface area contributed by atoms with Gasteiger partial charge in [0.1, 0.15) is 0 Å². The van der Waals surface area contributed by atoms with E-state index >= 15 is 0 Å². The molecule has 0 saturated heterocycles. The lowest BCUT2D eigenvalue weighted by Crippen LogP contribution is -2.09. The summed E-state index contributed by atoms with van der Waals surface area (Å²) in [6.45, 7) is 1.74. The molecule has 82 valence electrons. The van der Waals surface area contributed by atoms with Gasteiger partial charge in [0, 0.05) is 24.4 Å². The van der Waals surface area contributed by atoms with Crippen molar-refractivity contribution < 1.29 is 0 Å². The molecule has 1 aliphatic carbocycles. The Kier molecular flexibility index (Phi) is 6.16. The quantitative estimate of drug-likeness (QED) is 0.871. The number of halogens is 2. The van der Waals surface area contributed by atoms with Crippen molar-refractivity contribution in [3.05, 3.63) is 18.0 Å². The molecule has 0 aromatic carbocycles. The number of hydrogen-bond acceptors (Lipinski definition) is 2. The first kappa shape index (κ1) is 13.8. The Morgan fingerprint density at radius 1 is 1.43 bits per heavy atom. The number of nitrogens with two attached hydrogens (primary N) is 1. The van der Waals surface area contributed by atoms with E-state index in [0.29, 0.717) is 0 Å². The summed E-state index contributed by atoms with van der Waals surface area (Å²) >= 11 is 0. The van der Waals surface area contributed by atoms with Gasteiger partial charge in [0.25, 0.3) is 0 Å². The van der Waals surface area contributed by atoms with Crippen molar-refractivity contribution in [3.8, 4) is 0 Å². The summed E-state index contributed by atoms with van der Waals surface area (Å²) in [7, 11) is 0. The fourth-order valence-corrected chi connectivity index (χ4v) is 1.50. The number of aryl methyl sites for hydroxylation is 1. The first-order valence-corrected chi connectivity index (χ1v) is 4.63. The monoisotopic (exact) mass is 237 g/mol. The first-order chi connectivity index (χ1) is 5.92. The molecule has 0 atom stereocenters. The third kappa shape index (κ3) is 3.15. The molecule has 1 saturated carbocycles. The van der Waals surface area contributed by atoms with Crippen molar-refractivity contribution in [3.63, 3.8) is 0 Å². The normalized spacial score (nSPS) is 14.4. The van der Waals surface area contributed by atoms with E-state index in [4.69, 9.17) is 5.73 Å². The molecule has 0 aliphatic heterocycles. The number of hydrogen-bond donors (Lipinski definition) is 1. The van der Waals surface area contributed by atoms with Gasteiger partial charge in [-0.3, -0.25) is 4.68 Å². The maximum Gasteiger partial charge on any atom is 0.0492 e. The second-order valence-corrected chi connectivity index (χ2v) is 3.40. The van der Waals surface area contributed by atoms with Crippen LogP contribution in [-0.4, -0.2) is 16.3 Å². The number of rotatable bonds is 4. The zero-order chi connectivity index (χ0) is 8.39. The van der Waals surface area contributed by atoms with Gasteiger partial charge in [-0.1, -0.05) is 0 Å². The van der Waals surface area contributed by atoms with Crippen LogP contribution in [0.2, 0.25) is 0 Å². The second kappa shape index (κ2) is 6.27. The lowest BCUT2D eigenvalue weighted by molar-refractivity contribution is 0.560. The Morgan fingerprint density at radius 3 is 2.71 bits per heavy atom. The molecule has 1 aliphatic rings. The van der Waals surface area contributed by atoms with Gasteiger partial charge in [-0.2, -0.15) is 5.10 Å². The highest BCUT2D eigenvalue weighted by Gasteiger charge is 2.26. The zero-order valence-electron chi connectivity index (χ0n) is 8.06. The first-order valence-electron chi connectivity index (χ1n) is 4.63. The summed E-state index contributed by atoms with van der Waals surface area (Å²) in [6, 6.07) is 2.13. The van der Waals surface area contributed by atoms with E-state index in [0.717, 1.165) is 25.4 Å². The Morgan fingerprint density at radius 2 is 2.14 bits per heavy atom. The molecular formula is C9H17Cl2N3. The van der Waals surface area contributed by atoms with Crippen LogP contribution in [0.5, 0.6) is 0 Å². The van der Waals surface area contributed by atoms with Crippen molar-refractivity contribution in [1.82, 2.24) is 9.78 Å². The SMILES string of the molecule is Cl.Cl.NCCCn1nccc1C1CC1. The maximum absolute atomic E-state index is 5.45. The van der Waals surface area contributed by atoms with Crippen LogP contribution < -0.4 is 5.73 Å². The van der Waals surface area contributed by atoms with Crippen LogP contribution in [0.3, 0.4) is 0 Å². The fourth-order valence-electron chi connectivity index (χ4n) is 1.50. The summed E-state index contributed by atoms with van der Waals surface area (Å²) in [5.41, 5.74) is 6.85. The summed E-state index contributed by atoms with van der Waals surface area (Å²) < 4.78 is 2.10. The predicted octanol–water partition coefficient (Wildman–Crippen LogP) is 1.95. The highest BCUT2D eigenvalue weighted by atomic mass is 35.5. The van der Waals surface area contributed by atoms with Gasteiger partial charge in [-0.05, 0) is 31.9 Å². The van der Waals surface area contributed by atoms with Crippen molar-refractivity contribution in [1.29, 1.82) is 0 Å². The van der Waals surface area contributed by atoms with E-state index in [9.17, 15) is 0 Å².